The standard InChI is InChI=1S/C26H29F2N5O6S/c1-25(2,3)39-24(35)33-15-12-16(33)14-32(13-15)23-30-19-18(5-4-17(20(19)37-23)21-29-6-11-40-21)38-26(27,28)22(34)31-7-9-36-10-8-31/h4-6,11,15-16H,7-10,12-14H2,1-3H3. The molecule has 2 amide bonds. The number of halogens is 2. The lowest BCUT2D eigenvalue weighted by atomic mass is 9.88. The van der Waals surface area contributed by atoms with E-state index < -0.39 is 17.6 Å². The maximum absolute atomic E-state index is 15.1. The minimum Gasteiger partial charge on any atom is -0.444 e. The van der Waals surface area contributed by atoms with Gasteiger partial charge in [-0.3, -0.25) is 9.69 Å². The Morgan fingerprint density at radius 3 is 2.50 bits per heavy atom. The molecule has 0 spiro atoms. The number of piperidine rings is 1. The minimum atomic E-state index is -4.12. The third-order valence-corrected chi connectivity index (χ3v) is 7.82. The van der Waals surface area contributed by atoms with Crippen LogP contribution in [0.5, 0.6) is 5.75 Å². The lowest BCUT2D eigenvalue weighted by Crippen LogP contribution is -2.70. The molecule has 2 bridgehead atoms. The van der Waals surface area contributed by atoms with Crippen molar-refractivity contribution in [1.82, 2.24) is 19.8 Å². The SMILES string of the molecule is CC(C)(C)OC(=O)N1C2CC1CN(c1nc3c(OC(F)(F)C(=O)N4CCOCC4)ccc(-c4nccs4)c3o1)C2. The van der Waals surface area contributed by atoms with Crippen molar-refractivity contribution in [2.45, 2.75) is 51.0 Å². The number of thiazole rings is 1. The monoisotopic (exact) mass is 577 g/mol. The van der Waals surface area contributed by atoms with E-state index in [-0.39, 0.29) is 67.3 Å². The van der Waals surface area contributed by atoms with Crippen LogP contribution >= 0.6 is 11.3 Å². The number of anilines is 1. The number of benzene rings is 1. The van der Waals surface area contributed by atoms with Crippen molar-refractivity contribution in [3.63, 3.8) is 0 Å². The molecule has 14 heteroatoms. The summed E-state index contributed by atoms with van der Waals surface area (Å²) in [5.41, 5.74) is 0.242. The molecule has 4 aliphatic rings. The van der Waals surface area contributed by atoms with E-state index in [4.69, 9.17) is 18.6 Å². The Kier molecular flexibility index (Phi) is 6.56. The zero-order valence-corrected chi connectivity index (χ0v) is 23.1. The van der Waals surface area contributed by atoms with Gasteiger partial charge in [0, 0.05) is 37.8 Å². The summed E-state index contributed by atoms with van der Waals surface area (Å²) >= 11 is 1.36. The van der Waals surface area contributed by atoms with Crippen LogP contribution in [-0.2, 0) is 14.3 Å². The topological polar surface area (TPSA) is 110 Å². The van der Waals surface area contributed by atoms with Gasteiger partial charge in [0.2, 0.25) is 0 Å². The van der Waals surface area contributed by atoms with Crippen LogP contribution in [0.2, 0.25) is 0 Å². The first-order chi connectivity index (χ1) is 19.0. The fourth-order valence-corrected chi connectivity index (χ4v) is 5.89. The summed E-state index contributed by atoms with van der Waals surface area (Å²) in [4.78, 5) is 38.8. The molecule has 2 aromatic heterocycles. The number of alkyl halides is 2. The summed E-state index contributed by atoms with van der Waals surface area (Å²) in [5.74, 6) is -1.72. The van der Waals surface area contributed by atoms with Crippen molar-refractivity contribution in [3.8, 4) is 16.3 Å². The van der Waals surface area contributed by atoms with Gasteiger partial charge in [0.05, 0.1) is 30.9 Å². The molecule has 0 aliphatic carbocycles. The van der Waals surface area contributed by atoms with E-state index in [1.54, 1.807) is 22.5 Å². The zero-order valence-electron chi connectivity index (χ0n) is 22.3. The largest absolute Gasteiger partial charge is 0.482 e. The number of ether oxygens (including phenoxy) is 3. The molecule has 4 saturated heterocycles. The molecule has 214 valence electrons. The van der Waals surface area contributed by atoms with Crippen molar-refractivity contribution in [1.29, 1.82) is 0 Å². The highest BCUT2D eigenvalue weighted by Gasteiger charge is 2.50. The number of hydrogen-bond acceptors (Lipinski definition) is 10. The third-order valence-electron chi connectivity index (χ3n) is 7.01. The van der Waals surface area contributed by atoms with E-state index in [2.05, 4.69) is 9.97 Å². The van der Waals surface area contributed by atoms with Gasteiger partial charge in [-0.25, -0.2) is 9.78 Å². The Bertz CT molecular complexity index is 1410. The quantitative estimate of drug-likeness (QED) is 0.445. The number of amides is 2. The number of carbonyl (C=O) groups is 2. The van der Waals surface area contributed by atoms with E-state index in [9.17, 15) is 9.59 Å². The fourth-order valence-electron chi connectivity index (χ4n) is 5.23. The smallest absolute Gasteiger partial charge is 0.444 e. The Balaban J connectivity index is 1.28. The highest BCUT2D eigenvalue weighted by molar-refractivity contribution is 7.13. The van der Waals surface area contributed by atoms with Crippen LogP contribution in [0.15, 0.2) is 28.1 Å². The first-order valence-electron chi connectivity index (χ1n) is 13.0. The number of carbonyl (C=O) groups excluding carboxylic acids is 2. The molecule has 2 unspecified atom stereocenters. The molecule has 4 aliphatic heterocycles. The first kappa shape index (κ1) is 26.7. The molecule has 4 fully saturated rings. The summed E-state index contributed by atoms with van der Waals surface area (Å²) in [6.45, 7) is 6.83. The van der Waals surface area contributed by atoms with E-state index in [1.807, 2.05) is 25.7 Å². The van der Waals surface area contributed by atoms with Crippen molar-refractivity contribution in [2.75, 3.05) is 44.3 Å². The average molecular weight is 578 g/mol. The van der Waals surface area contributed by atoms with Crippen LogP contribution < -0.4 is 9.64 Å². The Morgan fingerprint density at radius 1 is 1.12 bits per heavy atom. The lowest BCUT2D eigenvalue weighted by Gasteiger charge is -2.55. The summed E-state index contributed by atoms with van der Waals surface area (Å²) < 4.78 is 52.0. The molecule has 6 heterocycles. The number of hydrogen-bond donors (Lipinski definition) is 0. The maximum atomic E-state index is 15.1. The van der Waals surface area contributed by atoms with Crippen molar-refractivity contribution < 1.29 is 37.0 Å². The van der Waals surface area contributed by atoms with Crippen LogP contribution in [0, 0.1) is 0 Å². The Labute approximate surface area is 232 Å². The second-order valence-corrected chi connectivity index (χ2v) is 11.9. The Morgan fingerprint density at radius 2 is 1.85 bits per heavy atom. The minimum absolute atomic E-state index is 0.0559. The summed E-state index contributed by atoms with van der Waals surface area (Å²) in [7, 11) is 0. The van der Waals surface area contributed by atoms with Crippen LogP contribution in [0.25, 0.3) is 21.7 Å². The molecule has 11 nitrogen and oxygen atoms in total. The van der Waals surface area contributed by atoms with Gasteiger partial charge in [0.1, 0.15) is 10.6 Å². The number of fused-ring (bicyclic) bond motifs is 3. The molecule has 7 rings (SSSR count). The van der Waals surface area contributed by atoms with Gasteiger partial charge >= 0.3 is 18.1 Å². The second kappa shape index (κ2) is 9.84. The van der Waals surface area contributed by atoms with Gasteiger partial charge in [0.25, 0.3) is 6.01 Å². The predicted molar refractivity (Wildman–Crippen MR) is 141 cm³/mol. The van der Waals surface area contributed by atoms with Gasteiger partial charge in [0.15, 0.2) is 16.8 Å². The summed E-state index contributed by atoms with van der Waals surface area (Å²) in [5, 5.41) is 2.41. The molecule has 0 radical (unpaired) electrons. The van der Waals surface area contributed by atoms with Gasteiger partial charge in [-0.2, -0.15) is 13.8 Å². The maximum Gasteiger partial charge on any atom is 0.482 e. The van der Waals surface area contributed by atoms with E-state index in [1.165, 1.54) is 17.4 Å². The first-order valence-corrected chi connectivity index (χ1v) is 13.9. The predicted octanol–water partition coefficient (Wildman–Crippen LogP) is 3.98. The molecule has 1 aromatic carbocycles. The molecule has 2 atom stereocenters. The normalized spacial score (nSPS) is 21.4. The van der Waals surface area contributed by atoms with Gasteiger partial charge < -0.3 is 28.4 Å². The van der Waals surface area contributed by atoms with Crippen molar-refractivity contribution in [2.24, 2.45) is 0 Å². The third kappa shape index (κ3) is 4.94. The molecule has 40 heavy (non-hydrogen) atoms. The number of aromatic nitrogens is 2. The molecule has 0 saturated carbocycles. The van der Waals surface area contributed by atoms with Gasteiger partial charge in [-0.05, 0) is 39.3 Å². The summed E-state index contributed by atoms with van der Waals surface area (Å²) in [6.07, 6.45) is -2.02. The number of piperazine rings is 1. The zero-order chi connectivity index (χ0) is 28.2. The van der Waals surface area contributed by atoms with Crippen LogP contribution in [0.3, 0.4) is 0 Å². The lowest BCUT2D eigenvalue weighted by molar-refractivity contribution is -0.206. The van der Waals surface area contributed by atoms with Crippen LogP contribution in [0.1, 0.15) is 27.2 Å². The number of rotatable bonds is 5. The highest BCUT2D eigenvalue weighted by Crippen LogP contribution is 2.41. The van der Waals surface area contributed by atoms with E-state index >= 15 is 8.78 Å². The molecule has 3 aromatic rings. The fraction of sp³-hybridized carbons (Fsp3) is 0.538. The highest BCUT2D eigenvalue weighted by atomic mass is 32.1. The average Bonchev–Trinajstić information content (AvgIpc) is 3.59. The number of nitrogens with zero attached hydrogens (tertiary/aromatic N) is 5. The summed E-state index contributed by atoms with van der Waals surface area (Å²) in [6, 6.07) is 2.95. The molecular formula is C26H29F2N5O6S. The van der Waals surface area contributed by atoms with Crippen LogP contribution in [0.4, 0.5) is 19.6 Å². The van der Waals surface area contributed by atoms with Gasteiger partial charge in [-0.15, -0.1) is 11.3 Å². The van der Waals surface area contributed by atoms with Crippen molar-refractivity contribution >= 4 is 40.5 Å². The number of morpholine rings is 1. The van der Waals surface area contributed by atoms with Gasteiger partial charge in [-0.1, -0.05) is 0 Å². The number of oxazole rings is 1. The Hall–Kier alpha value is -3.52. The van der Waals surface area contributed by atoms with Crippen molar-refractivity contribution in [3.05, 3.63) is 23.7 Å². The van der Waals surface area contributed by atoms with E-state index in [0.29, 0.717) is 23.7 Å². The molecule has 0 N–H and O–H groups in total. The van der Waals surface area contributed by atoms with Crippen LogP contribution in [-0.4, -0.2) is 95.0 Å². The second-order valence-electron chi connectivity index (χ2n) is 11.0. The molecular weight excluding hydrogens is 548 g/mol. The van der Waals surface area contributed by atoms with E-state index in [0.717, 1.165) is 11.3 Å².